The molecule has 33 heavy (non-hydrogen) atoms. The summed E-state index contributed by atoms with van der Waals surface area (Å²) in [5, 5.41) is 4.65. The van der Waals surface area contributed by atoms with Gasteiger partial charge in [0.05, 0.1) is 11.7 Å². The fourth-order valence-electron chi connectivity index (χ4n) is 4.60. The number of esters is 1. The van der Waals surface area contributed by atoms with E-state index in [1.807, 2.05) is 57.2 Å². The Bertz CT molecular complexity index is 1130. The van der Waals surface area contributed by atoms with Crippen LogP contribution >= 0.6 is 23.2 Å². The topological polar surface area (TPSA) is 55.4 Å². The minimum absolute atomic E-state index is 0.0324. The van der Waals surface area contributed by atoms with Gasteiger partial charge < -0.3 is 10.1 Å². The summed E-state index contributed by atoms with van der Waals surface area (Å²) in [6.07, 6.45) is 1.55. The van der Waals surface area contributed by atoms with E-state index in [1.54, 1.807) is 12.1 Å². The van der Waals surface area contributed by atoms with Crippen molar-refractivity contribution in [2.24, 2.45) is 0 Å². The van der Waals surface area contributed by atoms with Crippen molar-refractivity contribution < 1.29 is 14.3 Å². The Hall–Kier alpha value is -2.56. The van der Waals surface area contributed by atoms with Crippen LogP contribution in [0.15, 0.2) is 71.1 Å². The Labute approximate surface area is 204 Å². The smallest absolute Gasteiger partial charge is 0.337 e. The van der Waals surface area contributed by atoms with Crippen molar-refractivity contribution in [1.29, 1.82) is 0 Å². The van der Waals surface area contributed by atoms with Crippen LogP contribution in [0.5, 0.6) is 0 Å². The number of hydrogen-bond donors (Lipinski definition) is 1. The van der Waals surface area contributed by atoms with Gasteiger partial charge in [-0.25, -0.2) is 4.79 Å². The Morgan fingerprint density at radius 3 is 2.18 bits per heavy atom. The normalized spacial score (nSPS) is 21.4. The summed E-state index contributed by atoms with van der Waals surface area (Å²) in [4.78, 5) is 26.8. The largest absolute Gasteiger partial charge is 0.459 e. The van der Waals surface area contributed by atoms with Gasteiger partial charge in [0, 0.05) is 39.4 Å². The maximum Gasteiger partial charge on any atom is 0.337 e. The second kappa shape index (κ2) is 9.74. The number of allylic oxidation sites excluding steroid dienone is 3. The van der Waals surface area contributed by atoms with Gasteiger partial charge >= 0.3 is 5.97 Å². The third-order valence-corrected chi connectivity index (χ3v) is 6.98. The first-order chi connectivity index (χ1) is 15.8. The lowest BCUT2D eigenvalue weighted by Crippen LogP contribution is -2.36. The van der Waals surface area contributed by atoms with Crippen molar-refractivity contribution in [3.05, 3.63) is 92.2 Å². The van der Waals surface area contributed by atoms with Crippen LogP contribution in [-0.2, 0) is 14.3 Å². The summed E-state index contributed by atoms with van der Waals surface area (Å²) in [5.74, 6) is -0.805. The first-order valence-corrected chi connectivity index (χ1v) is 12.0. The van der Waals surface area contributed by atoms with Gasteiger partial charge in [-0.15, -0.1) is 0 Å². The van der Waals surface area contributed by atoms with Gasteiger partial charge in [0.25, 0.3) is 0 Å². The molecule has 172 valence electrons. The molecule has 0 aromatic heterocycles. The molecule has 0 bridgehead atoms. The van der Waals surface area contributed by atoms with E-state index in [0.29, 0.717) is 46.2 Å². The minimum atomic E-state index is -0.492. The molecule has 3 atom stereocenters. The van der Waals surface area contributed by atoms with Gasteiger partial charge in [0.1, 0.15) is 0 Å². The molecule has 0 saturated carbocycles. The van der Waals surface area contributed by atoms with E-state index >= 15 is 0 Å². The lowest BCUT2D eigenvalue weighted by Gasteiger charge is -2.37. The minimum Gasteiger partial charge on any atom is -0.459 e. The molecule has 0 unspecified atom stereocenters. The molecule has 2 aromatic rings. The van der Waals surface area contributed by atoms with Crippen LogP contribution in [0.4, 0.5) is 0 Å². The van der Waals surface area contributed by atoms with Gasteiger partial charge in [-0.1, -0.05) is 54.4 Å². The Morgan fingerprint density at radius 1 is 1.03 bits per heavy atom. The number of rotatable bonds is 5. The van der Waals surface area contributed by atoms with Crippen molar-refractivity contribution in [3.63, 3.8) is 0 Å². The van der Waals surface area contributed by atoms with E-state index in [1.165, 1.54) is 0 Å². The third-order valence-electron chi connectivity index (χ3n) is 6.48. The highest BCUT2D eigenvalue weighted by Gasteiger charge is 2.41. The first-order valence-electron chi connectivity index (χ1n) is 11.2. The standard InChI is InChI=1S/C27H27Cl2NO3/c1-4-15(2)33-27(32)24-16(3)30-22-13-19(17-5-9-20(28)10-6-17)14-23(31)26(22)25(24)18-7-11-21(29)12-8-18/h5-12,15,19,25,30H,4,13-14H2,1-3H3/t15-,19-,25-/m0/s1. The van der Waals surface area contributed by atoms with E-state index in [-0.39, 0.29) is 17.8 Å². The number of benzene rings is 2. The number of carbonyl (C=O) groups excluding carboxylic acids is 2. The van der Waals surface area contributed by atoms with Crippen molar-refractivity contribution in [1.82, 2.24) is 5.32 Å². The van der Waals surface area contributed by atoms with Crippen molar-refractivity contribution in [2.45, 2.75) is 58.0 Å². The maximum atomic E-state index is 13.6. The number of dihydropyridines is 1. The summed E-state index contributed by atoms with van der Waals surface area (Å²) in [6, 6.07) is 15.0. The average molecular weight is 484 g/mol. The summed E-state index contributed by atoms with van der Waals surface area (Å²) >= 11 is 12.2. The maximum absolute atomic E-state index is 13.6. The number of nitrogens with one attached hydrogen (secondary N) is 1. The number of Topliss-reactive ketones (excluding diaryl/α,β-unsaturated/α-hetero) is 1. The Morgan fingerprint density at radius 2 is 1.61 bits per heavy atom. The zero-order valence-corrected chi connectivity index (χ0v) is 20.5. The molecule has 1 heterocycles. The second-order valence-corrected chi connectivity index (χ2v) is 9.62. The van der Waals surface area contributed by atoms with Gasteiger partial charge in [-0.3, -0.25) is 4.79 Å². The highest BCUT2D eigenvalue weighted by Crippen LogP contribution is 2.46. The molecule has 1 aliphatic heterocycles. The van der Waals surface area contributed by atoms with Crippen LogP contribution in [0.3, 0.4) is 0 Å². The highest BCUT2D eigenvalue weighted by atomic mass is 35.5. The van der Waals surface area contributed by atoms with Gasteiger partial charge in [-0.2, -0.15) is 0 Å². The average Bonchev–Trinajstić information content (AvgIpc) is 2.78. The van der Waals surface area contributed by atoms with E-state index in [0.717, 1.165) is 16.8 Å². The number of ketones is 1. The number of halogens is 2. The molecule has 4 rings (SSSR count). The number of carbonyl (C=O) groups is 2. The zero-order chi connectivity index (χ0) is 23.7. The quantitative estimate of drug-likeness (QED) is 0.480. The molecule has 0 radical (unpaired) electrons. The molecule has 0 amide bonds. The molecule has 0 spiro atoms. The summed E-state index contributed by atoms with van der Waals surface area (Å²) < 4.78 is 5.69. The van der Waals surface area contributed by atoms with Crippen LogP contribution in [0.2, 0.25) is 10.0 Å². The molecule has 4 nitrogen and oxygen atoms in total. The monoisotopic (exact) mass is 483 g/mol. The molecule has 2 aliphatic rings. The fraction of sp³-hybridized carbons (Fsp3) is 0.333. The second-order valence-electron chi connectivity index (χ2n) is 8.74. The van der Waals surface area contributed by atoms with Crippen LogP contribution < -0.4 is 5.32 Å². The SMILES string of the molecule is CC[C@H](C)OC(=O)C1=C(C)NC2=C(C(=O)C[C@@H](c3ccc(Cl)cc3)C2)[C@H]1c1ccc(Cl)cc1. The van der Waals surface area contributed by atoms with Gasteiger partial charge in [0.15, 0.2) is 5.78 Å². The summed E-state index contributed by atoms with van der Waals surface area (Å²) in [5.41, 5.74) is 4.63. The van der Waals surface area contributed by atoms with Crippen molar-refractivity contribution >= 4 is 35.0 Å². The van der Waals surface area contributed by atoms with E-state index in [2.05, 4.69) is 5.32 Å². The molecule has 1 N–H and O–H groups in total. The van der Waals surface area contributed by atoms with Crippen LogP contribution in [-0.4, -0.2) is 17.9 Å². The van der Waals surface area contributed by atoms with Crippen LogP contribution in [0, 0.1) is 0 Å². The molecule has 0 saturated heterocycles. The highest BCUT2D eigenvalue weighted by molar-refractivity contribution is 6.30. The number of ether oxygens (including phenoxy) is 1. The Balaban J connectivity index is 1.76. The predicted molar refractivity (Wildman–Crippen MR) is 131 cm³/mol. The fourth-order valence-corrected chi connectivity index (χ4v) is 4.85. The van der Waals surface area contributed by atoms with Crippen LogP contribution in [0.1, 0.15) is 63.0 Å². The van der Waals surface area contributed by atoms with E-state index in [4.69, 9.17) is 27.9 Å². The molecule has 6 heteroatoms. The van der Waals surface area contributed by atoms with Crippen LogP contribution in [0.25, 0.3) is 0 Å². The van der Waals surface area contributed by atoms with E-state index in [9.17, 15) is 9.59 Å². The number of hydrogen-bond acceptors (Lipinski definition) is 4. The predicted octanol–water partition coefficient (Wildman–Crippen LogP) is 6.70. The van der Waals surface area contributed by atoms with E-state index < -0.39 is 11.9 Å². The molecule has 2 aromatic carbocycles. The first kappa shape index (κ1) is 23.6. The third kappa shape index (κ3) is 4.87. The van der Waals surface area contributed by atoms with Crippen molar-refractivity contribution in [3.8, 4) is 0 Å². The Kier molecular flexibility index (Phi) is 6.96. The molecular formula is C27H27Cl2NO3. The zero-order valence-electron chi connectivity index (χ0n) is 19.0. The van der Waals surface area contributed by atoms with Gasteiger partial charge in [-0.05, 0) is 68.0 Å². The summed E-state index contributed by atoms with van der Waals surface area (Å²) in [7, 11) is 0. The van der Waals surface area contributed by atoms with Gasteiger partial charge in [0.2, 0.25) is 0 Å². The lowest BCUT2D eigenvalue weighted by molar-refractivity contribution is -0.144. The summed E-state index contributed by atoms with van der Waals surface area (Å²) in [6.45, 7) is 5.71. The molecular weight excluding hydrogens is 457 g/mol. The molecule has 0 fully saturated rings. The van der Waals surface area contributed by atoms with Crippen molar-refractivity contribution in [2.75, 3.05) is 0 Å². The lowest BCUT2D eigenvalue weighted by atomic mass is 9.72. The molecule has 1 aliphatic carbocycles.